The molecule has 0 aliphatic carbocycles. The van der Waals surface area contributed by atoms with E-state index in [2.05, 4.69) is 5.32 Å². The number of nitrogen functional groups attached to an aromatic ring is 1. The molecule has 0 aliphatic heterocycles. The van der Waals surface area contributed by atoms with Crippen LogP contribution in [0.15, 0.2) is 24.3 Å². The maximum Gasteiger partial charge on any atom is 0.220 e. The molecule has 4 heteroatoms. The van der Waals surface area contributed by atoms with Gasteiger partial charge in [0.1, 0.15) is 0 Å². The molecule has 112 valence electrons. The van der Waals surface area contributed by atoms with Crippen LogP contribution in [-0.4, -0.2) is 25.2 Å². The molecule has 1 aromatic rings. The minimum absolute atomic E-state index is 0.103. The average molecular weight is 278 g/mol. The van der Waals surface area contributed by atoms with Gasteiger partial charge in [0.25, 0.3) is 0 Å². The number of rotatable bonds is 9. The molecule has 1 aromatic carbocycles. The number of carbonyl (C=O) groups excluding carboxylic acids is 1. The molecule has 4 nitrogen and oxygen atoms in total. The first-order valence-electron chi connectivity index (χ1n) is 7.30. The Bertz CT molecular complexity index is 388. The van der Waals surface area contributed by atoms with Crippen molar-refractivity contribution in [2.45, 2.75) is 45.6 Å². The fraction of sp³-hybridized carbons (Fsp3) is 0.562. The summed E-state index contributed by atoms with van der Waals surface area (Å²) < 4.78 is 5.44. The zero-order valence-electron chi connectivity index (χ0n) is 12.5. The average Bonchev–Trinajstić information content (AvgIpc) is 2.41. The van der Waals surface area contributed by atoms with E-state index in [1.807, 2.05) is 38.1 Å². The van der Waals surface area contributed by atoms with Crippen molar-refractivity contribution < 1.29 is 9.53 Å². The number of unbranched alkanes of at least 4 members (excludes halogenated alkanes) is 1. The second-order valence-corrected chi connectivity index (χ2v) is 5.22. The summed E-state index contributed by atoms with van der Waals surface area (Å²) in [6.45, 7) is 5.54. The zero-order valence-corrected chi connectivity index (χ0v) is 12.5. The molecule has 0 aromatic heterocycles. The van der Waals surface area contributed by atoms with E-state index in [9.17, 15) is 4.79 Å². The molecule has 0 unspecified atom stereocenters. The van der Waals surface area contributed by atoms with Crippen LogP contribution in [0.3, 0.4) is 0 Å². The zero-order chi connectivity index (χ0) is 14.8. The van der Waals surface area contributed by atoms with Gasteiger partial charge < -0.3 is 15.8 Å². The second kappa shape index (κ2) is 9.37. The Morgan fingerprint density at radius 2 is 1.95 bits per heavy atom. The smallest absolute Gasteiger partial charge is 0.220 e. The molecule has 0 spiro atoms. The van der Waals surface area contributed by atoms with E-state index in [4.69, 9.17) is 10.5 Å². The van der Waals surface area contributed by atoms with Crippen LogP contribution in [0, 0.1) is 0 Å². The van der Waals surface area contributed by atoms with Gasteiger partial charge in [0.05, 0.1) is 6.10 Å². The summed E-state index contributed by atoms with van der Waals surface area (Å²) in [5, 5.41) is 2.93. The Morgan fingerprint density at radius 1 is 1.25 bits per heavy atom. The van der Waals surface area contributed by atoms with Gasteiger partial charge in [-0.25, -0.2) is 0 Å². The first kappa shape index (κ1) is 16.5. The van der Waals surface area contributed by atoms with Crippen LogP contribution >= 0.6 is 0 Å². The number of nitrogens with two attached hydrogens (primary N) is 1. The van der Waals surface area contributed by atoms with Gasteiger partial charge in [-0.05, 0) is 50.8 Å². The number of hydrogen-bond donors (Lipinski definition) is 2. The summed E-state index contributed by atoms with van der Waals surface area (Å²) in [6, 6.07) is 7.65. The number of benzene rings is 1. The number of ether oxygens (including phenoxy) is 1. The summed E-state index contributed by atoms with van der Waals surface area (Å²) in [6.07, 6.45) is 3.50. The Balaban J connectivity index is 2.04. The highest BCUT2D eigenvalue weighted by atomic mass is 16.5. The van der Waals surface area contributed by atoms with Gasteiger partial charge in [0, 0.05) is 25.3 Å². The lowest BCUT2D eigenvalue weighted by Gasteiger charge is -2.08. The molecule has 20 heavy (non-hydrogen) atoms. The normalized spacial score (nSPS) is 10.8. The summed E-state index contributed by atoms with van der Waals surface area (Å²) in [5.41, 5.74) is 7.51. The minimum Gasteiger partial charge on any atom is -0.399 e. The molecule has 0 aliphatic rings. The van der Waals surface area contributed by atoms with Crippen molar-refractivity contribution in [3.63, 3.8) is 0 Å². The SMILES string of the molecule is CC(C)OCCCCNC(=O)CCc1ccc(N)cc1. The number of aryl methyl sites for hydroxylation is 1. The topological polar surface area (TPSA) is 64.3 Å². The highest BCUT2D eigenvalue weighted by Gasteiger charge is 2.02. The van der Waals surface area contributed by atoms with E-state index >= 15 is 0 Å². The van der Waals surface area contributed by atoms with Crippen molar-refractivity contribution in [2.24, 2.45) is 0 Å². The van der Waals surface area contributed by atoms with Crippen molar-refractivity contribution in [3.05, 3.63) is 29.8 Å². The largest absolute Gasteiger partial charge is 0.399 e. The molecule has 0 fully saturated rings. The number of nitrogens with one attached hydrogen (secondary N) is 1. The van der Waals surface area contributed by atoms with Crippen molar-refractivity contribution in [1.29, 1.82) is 0 Å². The molecular formula is C16H26N2O2. The van der Waals surface area contributed by atoms with Crippen LogP contribution < -0.4 is 11.1 Å². The van der Waals surface area contributed by atoms with E-state index in [-0.39, 0.29) is 12.0 Å². The third kappa shape index (κ3) is 7.79. The van der Waals surface area contributed by atoms with Crippen LogP contribution in [0.4, 0.5) is 5.69 Å². The quantitative estimate of drug-likeness (QED) is 0.539. The van der Waals surface area contributed by atoms with E-state index in [1.54, 1.807) is 0 Å². The fourth-order valence-electron chi connectivity index (χ4n) is 1.80. The molecule has 0 atom stereocenters. The third-order valence-electron chi connectivity index (χ3n) is 2.96. The van der Waals surface area contributed by atoms with Crippen LogP contribution in [0.25, 0.3) is 0 Å². The number of anilines is 1. The first-order valence-corrected chi connectivity index (χ1v) is 7.30. The molecule has 0 heterocycles. The first-order chi connectivity index (χ1) is 9.58. The molecule has 0 radical (unpaired) electrons. The van der Waals surface area contributed by atoms with Gasteiger partial charge in [-0.15, -0.1) is 0 Å². The van der Waals surface area contributed by atoms with Gasteiger partial charge >= 0.3 is 0 Å². The van der Waals surface area contributed by atoms with Crippen molar-refractivity contribution in [1.82, 2.24) is 5.32 Å². The molecule has 0 saturated heterocycles. The van der Waals surface area contributed by atoms with E-state index in [1.165, 1.54) is 0 Å². The molecule has 1 rings (SSSR count). The van der Waals surface area contributed by atoms with Crippen LogP contribution in [0.2, 0.25) is 0 Å². The summed E-state index contributed by atoms with van der Waals surface area (Å²) >= 11 is 0. The molecule has 0 saturated carbocycles. The molecular weight excluding hydrogens is 252 g/mol. The summed E-state index contributed by atoms with van der Waals surface area (Å²) in [7, 11) is 0. The number of amides is 1. The molecule has 1 amide bonds. The van der Waals surface area contributed by atoms with Crippen molar-refractivity contribution in [3.8, 4) is 0 Å². The lowest BCUT2D eigenvalue weighted by Crippen LogP contribution is -2.24. The molecule has 0 bridgehead atoms. The molecule has 3 N–H and O–H groups in total. The summed E-state index contributed by atoms with van der Waals surface area (Å²) in [5.74, 6) is 0.103. The van der Waals surface area contributed by atoms with Gasteiger partial charge in [-0.3, -0.25) is 4.79 Å². The summed E-state index contributed by atoms with van der Waals surface area (Å²) in [4.78, 5) is 11.7. The van der Waals surface area contributed by atoms with Gasteiger partial charge in [-0.1, -0.05) is 12.1 Å². The van der Waals surface area contributed by atoms with Crippen LogP contribution in [0.5, 0.6) is 0 Å². The Morgan fingerprint density at radius 3 is 2.60 bits per heavy atom. The standard InChI is InChI=1S/C16H26N2O2/c1-13(2)20-12-4-3-11-18-16(19)10-7-14-5-8-15(17)9-6-14/h5-6,8-9,13H,3-4,7,10-12,17H2,1-2H3,(H,18,19). The van der Waals surface area contributed by atoms with Crippen LogP contribution in [0.1, 0.15) is 38.7 Å². The Hall–Kier alpha value is -1.55. The minimum atomic E-state index is 0.103. The maximum atomic E-state index is 11.7. The maximum absolute atomic E-state index is 11.7. The fourth-order valence-corrected chi connectivity index (χ4v) is 1.80. The highest BCUT2D eigenvalue weighted by molar-refractivity contribution is 5.76. The second-order valence-electron chi connectivity index (χ2n) is 5.22. The van der Waals surface area contributed by atoms with Gasteiger partial charge in [-0.2, -0.15) is 0 Å². The predicted octanol–water partition coefficient (Wildman–Crippen LogP) is 2.52. The van der Waals surface area contributed by atoms with E-state index in [0.29, 0.717) is 6.42 Å². The Kier molecular flexibility index (Phi) is 7.73. The van der Waals surface area contributed by atoms with Gasteiger partial charge in [0.15, 0.2) is 0 Å². The monoisotopic (exact) mass is 278 g/mol. The number of hydrogen-bond acceptors (Lipinski definition) is 3. The lowest BCUT2D eigenvalue weighted by molar-refractivity contribution is -0.121. The highest BCUT2D eigenvalue weighted by Crippen LogP contribution is 2.07. The lowest BCUT2D eigenvalue weighted by atomic mass is 10.1. The van der Waals surface area contributed by atoms with Crippen molar-refractivity contribution >= 4 is 11.6 Å². The number of carbonyl (C=O) groups is 1. The Labute approximate surface area is 121 Å². The van der Waals surface area contributed by atoms with E-state index in [0.717, 1.165) is 43.7 Å². The van der Waals surface area contributed by atoms with Crippen LogP contribution in [-0.2, 0) is 16.0 Å². The van der Waals surface area contributed by atoms with E-state index < -0.39 is 0 Å². The third-order valence-corrected chi connectivity index (χ3v) is 2.96. The van der Waals surface area contributed by atoms with Crippen molar-refractivity contribution in [2.75, 3.05) is 18.9 Å². The predicted molar refractivity (Wildman–Crippen MR) is 82.5 cm³/mol. The van der Waals surface area contributed by atoms with Gasteiger partial charge in [0.2, 0.25) is 5.91 Å².